The van der Waals surface area contributed by atoms with E-state index in [1.807, 2.05) is 0 Å². The van der Waals surface area contributed by atoms with Gasteiger partial charge in [0.25, 0.3) is 5.69 Å². The highest BCUT2D eigenvalue weighted by atomic mass is 16.6. The number of hydrogen-bond donors (Lipinski definition) is 1. The maximum Gasteiger partial charge on any atom is 0.269 e. The molecule has 1 aromatic rings. The first-order valence-electron chi connectivity index (χ1n) is 7.11. The van der Waals surface area contributed by atoms with Crippen LogP contribution in [0.5, 0.6) is 5.75 Å². The monoisotopic (exact) mass is 279 g/mol. The molecule has 0 radical (unpaired) electrons. The standard InChI is InChI=1S/C15H21NO4/c1-20-15-9-7-13(16(18)19)10-12(15)6-8-14(17)11-4-2-3-5-11/h7,9-11,14,17H,2-6,8H2,1H3. The SMILES string of the molecule is COc1ccc([N+](=O)[O-])cc1CCC(O)C1CCCC1. The topological polar surface area (TPSA) is 72.6 Å². The van der Waals surface area contributed by atoms with Crippen molar-refractivity contribution in [2.24, 2.45) is 5.92 Å². The fraction of sp³-hybridized carbons (Fsp3) is 0.600. The number of nitro benzene ring substituents is 1. The van der Waals surface area contributed by atoms with Gasteiger partial charge in [-0.15, -0.1) is 0 Å². The predicted octanol–water partition coefficient (Wildman–Crippen LogP) is 3.09. The van der Waals surface area contributed by atoms with Crippen molar-refractivity contribution in [1.29, 1.82) is 0 Å². The van der Waals surface area contributed by atoms with Crippen molar-refractivity contribution in [2.45, 2.75) is 44.6 Å². The van der Waals surface area contributed by atoms with Gasteiger partial charge in [-0.1, -0.05) is 12.8 Å². The van der Waals surface area contributed by atoms with Crippen LogP contribution in [0.3, 0.4) is 0 Å². The van der Waals surface area contributed by atoms with Crippen molar-refractivity contribution in [1.82, 2.24) is 0 Å². The molecule has 0 aliphatic heterocycles. The molecule has 110 valence electrons. The molecule has 1 saturated carbocycles. The van der Waals surface area contributed by atoms with Gasteiger partial charge in [0.15, 0.2) is 0 Å². The Hall–Kier alpha value is -1.62. The van der Waals surface area contributed by atoms with Gasteiger partial charge < -0.3 is 9.84 Å². The minimum atomic E-state index is -0.406. The first kappa shape index (κ1) is 14.8. The fourth-order valence-corrected chi connectivity index (χ4v) is 2.96. The van der Waals surface area contributed by atoms with Gasteiger partial charge in [-0.05, 0) is 37.7 Å². The molecule has 5 heteroatoms. The van der Waals surface area contributed by atoms with Gasteiger partial charge in [-0.2, -0.15) is 0 Å². The van der Waals surface area contributed by atoms with E-state index < -0.39 is 4.92 Å². The van der Waals surface area contributed by atoms with Crippen molar-refractivity contribution in [2.75, 3.05) is 7.11 Å². The number of ether oxygens (including phenoxy) is 1. The van der Waals surface area contributed by atoms with Crippen molar-refractivity contribution in [3.8, 4) is 5.75 Å². The van der Waals surface area contributed by atoms with E-state index >= 15 is 0 Å². The predicted molar refractivity (Wildman–Crippen MR) is 75.9 cm³/mol. The summed E-state index contributed by atoms with van der Waals surface area (Å²) in [6.45, 7) is 0. The van der Waals surface area contributed by atoms with Gasteiger partial charge >= 0.3 is 0 Å². The molecule has 1 aliphatic carbocycles. The highest BCUT2D eigenvalue weighted by Gasteiger charge is 2.23. The van der Waals surface area contributed by atoms with Crippen LogP contribution in [0, 0.1) is 16.0 Å². The maximum atomic E-state index is 10.8. The minimum absolute atomic E-state index is 0.0659. The van der Waals surface area contributed by atoms with Crippen molar-refractivity contribution >= 4 is 5.69 Å². The average molecular weight is 279 g/mol. The largest absolute Gasteiger partial charge is 0.496 e. The van der Waals surface area contributed by atoms with Crippen molar-refractivity contribution in [3.63, 3.8) is 0 Å². The number of rotatable bonds is 6. The molecule has 1 fully saturated rings. The lowest BCUT2D eigenvalue weighted by Crippen LogP contribution is -2.18. The second-order valence-corrected chi connectivity index (χ2v) is 5.40. The molecule has 20 heavy (non-hydrogen) atoms. The molecule has 2 rings (SSSR count). The maximum absolute atomic E-state index is 10.8. The van der Waals surface area contributed by atoms with Gasteiger partial charge in [-0.25, -0.2) is 0 Å². The van der Waals surface area contributed by atoms with Crippen LogP contribution in [0.1, 0.15) is 37.7 Å². The lowest BCUT2D eigenvalue weighted by atomic mass is 9.95. The van der Waals surface area contributed by atoms with Gasteiger partial charge in [0.1, 0.15) is 5.75 Å². The summed E-state index contributed by atoms with van der Waals surface area (Å²) in [5, 5.41) is 21.0. The third-order valence-corrected chi connectivity index (χ3v) is 4.13. The van der Waals surface area contributed by atoms with Crippen LogP contribution in [0.4, 0.5) is 5.69 Å². The molecule has 0 aromatic heterocycles. The molecular weight excluding hydrogens is 258 g/mol. The summed E-state index contributed by atoms with van der Waals surface area (Å²) in [7, 11) is 1.55. The summed E-state index contributed by atoms with van der Waals surface area (Å²) < 4.78 is 5.23. The molecule has 5 nitrogen and oxygen atoms in total. The third kappa shape index (κ3) is 3.48. The van der Waals surface area contributed by atoms with Crippen LogP contribution < -0.4 is 4.74 Å². The Bertz CT molecular complexity index is 469. The number of hydrogen-bond acceptors (Lipinski definition) is 4. The Morgan fingerprint density at radius 3 is 2.75 bits per heavy atom. The second kappa shape index (κ2) is 6.70. The van der Waals surface area contributed by atoms with E-state index in [9.17, 15) is 15.2 Å². The number of aliphatic hydroxyl groups excluding tert-OH is 1. The summed E-state index contributed by atoms with van der Waals surface area (Å²) in [5.41, 5.74) is 0.856. The molecule has 1 aliphatic rings. The zero-order valence-corrected chi connectivity index (χ0v) is 11.7. The Labute approximate surface area is 118 Å². The van der Waals surface area contributed by atoms with Crippen molar-refractivity contribution < 1.29 is 14.8 Å². The van der Waals surface area contributed by atoms with E-state index in [0.29, 0.717) is 24.5 Å². The lowest BCUT2D eigenvalue weighted by molar-refractivity contribution is -0.384. The summed E-state index contributed by atoms with van der Waals surface area (Å²) in [4.78, 5) is 10.4. The van der Waals surface area contributed by atoms with Gasteiger partial charge in [-0.3, -0.25) is 10.1 Å². The van der Waals surface area contributed by atoms with E-state index in [0.717, 1.165) is 18.4 Å². The number of aliphatic hydroxyl groups is 1. The number of nitrogens with zero attached hydrogens (tertiary/aromatic N) is 1. The smallest absolute Gasteiger partial charge is 0.269 e. The van der Waals surface area contributed by atoms with Gasteiger partial charge in [0.2, 0.25) is 0 Å². The zero-order chi connectivity index (χ0) is 14.5. The van der Waals surface area contributed by atoms with Crippen LogP contribution in [-0.4, -0.2) is 23.2 Å². The molecule has 0 saturated heterocycles. The zero-order valence-electron chi connectivity index (χ0n) is 11.7. The van der Waals surface area contributed by atoms with Crippen LogP contribution in [0.2, 0.25) is 0 Å². The van der Waals surface area contributed by atoms with E-state index in [1.54, 1.807) is 19.2 Å². The first-order chi connectivity index (χ1) is 9.61. The normalized spacial score (nSPS) is 17.1. The molecule has 1 unspecified atom stereocenters. The van der Waals surface area contributed by atoms with Gasteiger partial charge in [0.05, 0.1) is 18.1 Å². The number of methoxy groups -OCH3 is 1. The quantitative estimate of drug-likeness (QED) is 0.641. The molecule has 1 aromatic carbocycles. The van der Waals surface area contributed by atoms with E-state index in [2.05, 4.69) is 0 Å². The molecule has 0 spiro atoms. The second-order valence-electron chi connectivity index (χ2n) is 5.40. The minimum Gasteiger partial charge on any atom is -0.496 e. The summed E-state index contributed by atoms with van der Waals surface area (Å²) in [5.74, 6) is 1.04. The number of non-ortho nitro benzene ring substituents is 1. The molecule has 0 bridgehead atoms. The number of aryl methyl sites for hydroxylation is 1. The Morgan fingerprint density at radius 1 is 1.45 bits per heavy atom. The van der Waals surface area contributed by atoms with Crippen LogP contribution >= 0.6 is 0 Å². The summed E-state index contributed by atoms with van der Waals surface area (Å²) in [6, 6.07) is 4.60. The Kier molecular flexibility index (Phi) is 4.95. The molecule has 0 heterocycles. The Balaban J connectivity index is 2.03. The Morgan fingerprint density at radius 2 is 2.15 bits per heavy atom. The van der Waals surface area contributed by atoms with Crippen LogP contribution in [-0.2, 0) is 6.42 Å². The third-order valence-electron chi connectivity index (χ3n) is 4.13. The van der Waals surface area contributed by atoms with E-state index in [4.69, 9.17) is 4.74 Å². The highest BCUT2D eigenvalue weighted by molar-refractivity contribution is 5.43. The molecule has 1 atom stereocenters. The average Bonchev–Trinajstić information content (AvgIpc) is 2.98. The van der Waals surface area contributed by atoms with Crippen LogP contribution in [0.25, 0.3) is 0 Å². The number of benzene rings is 1. The summed E-state index contributed by atoms with van der Waals surface area (Å²) in [6.07, 6.45) is 5.48. The summed E-state index contributed by atoms with van der Waals surface area (Å²) >= 11 is 0. The lowest BCUT2D eigenvalue weighted by Gasteiger charge is -2.18. The van der Waals surface area contributed by atoms with Crippen molar-refractivity contribution in [3.05, 3.63) is 33.9 Å². The first-order valence-corrected chi connectivity index (χ1v) is 7.11. The number of nitro groups is 1. The van der Waals surface area contributed by atoms with E-state index in [1.165, 1.54) is 18.9 Å². The van der Waals surface area contributed by atoms with Crippen LogP contribution in [0.15, 0.2) is 18.2 Å². The van der Waals surface area contributed by atoms with E-state index in [-0.39, 0.29) is 11.8 Å². The highest BCUT2D eigenvalue weighted by Crippen LogP contribution is 2.31. The molecule has 0 amide bonds. The molecule has 1 N–H and O–H groups in total. The molecular formula is C15H21NO4. The van der Waals surface area contributed by atoms with Gasteiger partial charge in [0, 0.05) is 17.7 Å². The fourth-order valence-electron chi connectivity index (χ4n) is 2.96.